The van der Waals surface area contributed by atoms with Crippen molar-refractivity contribution in [1.29, 1.82) is 0 Å². The van der Waals surface area contributed by atoms with E-state index in [1.54, 1.807) is 30.3 Å². The van der Waals surface area contributed by atoms with E-state index in [9.17, 15) is 14.3 Å². The second-order valence-corrected chi connectivity index (χ2v) is 5.95. The molecule has 23 heavy (non-hydrogen) atoms. The number of likely N-dealkylation sites (tertiary alicyclic amines) is 1. The molecule has 2 aromatic carbocycles. The van der Waals surface area contributed by atoms with Crippen LogP contribution in [0.15, 0.2) is 48.5 Å². The number of amides is 1. The first-order valence-corrected chi connectivity index (χ1v) is 7.59. The number of hydrogen-bond donors (Lipinski definition) is 2. The number of aliphatic hydroxyl groups is 1. The monoisotopic (exact) mass is 314 g/mol. The lowest BCUT2D eigenvalue weighted by Gasteiger charge is -2.24. The van der Waals surface area contributed by atoms with E-state index in [0.29, 0.717) is 25.1 Å². The summed E-state index contributed by atoms with van der Waals surface area (Å²) in [5.41, 5.74) is 7.73. The smallest absolute Gasteiger partial charge is 0.248 e. The largest absolute Gasteiger partial charge is 0.392 e. The third kappa shape index (κ3) is 3.57. The van der Waals surface area contributed by atoms with E-state index in [2.05, 4.69) is 4.90 Å². The van der Waals surface area contributed by atoms with E-state index in [4.69, 9.17) is 5.73 Å². The molecule has 4 nitrogen and oxygen atoms in total. The molecule has 1 heterocycles. The molecule has 0 aromatic heterocycles. The van der Waals surface area contributed by atoms with E-state index in [0.717, 1.165) is 11.1 Å². The number of primary amides is 1. The number of aliphatic hydroxyl groups excluding tert-OH is 1. The molecule has 1 fully saturated rings. The van der Waals surface area contributed by atoms with Crippen molar-refractivity contribution in [2.45, 2.75) is 25.1 Å². The number of rotatable bonds is 4. The molecule has 1 aliphatic heterocycles. The number of carbonyl (C=O) groups excluding carboxylic acids is 1. The molecule has 2 aromatic rings. The molecule has 0 bridgehead atoms. The van der Waals surface area contributed by atoms with Gasteiger partial charge in [-0.05, 0) is 41.8 Å². The Morgan fingerprint density at radius 1 is 1.26 bits per heavy atom. The Kier molecular flexibility index (Phi) is 4.41. The van der Waals surface area contributed by atoms with Crippen LogP contribution in [0, 0.1) is 5.82 Å². The van der Waals surface area contributed by atoms with Gasteiger partial charge in [-0.3, -0.25) is 9.69 Å². The zero-order valence-electron chi connectivity index (χ0n) is 12.7. The Balaban J connectivity index is 1.81. The van der Waals surface area contributed by atoms with E-state index in [-0.39, 0.29) is 11.9 Å². The number of hydrogen-bond acceptors (Lipinski definition) is 3. The highest BCUT2D eigenvalue weighted by molar-refractivity contribution is 5.92. The number of β-amino-alcohol motifs (C(OH)–C–C–N with tert-alkyl or cyclic N) is 1. The normalized spacial score (nSPS) is 21.5. The van der Waals surface area contributed by atoms with Crippen LogP contribution in [0.5, 0.6) is 0 Å². The van der Waals surface area contributed by atoms with Gasteiger partial charge in [0.05, 0.1) is 6.10 Å². The summed E-state index contributed by atoms with van der Waals surface area (Å²) in [6.07, 6.45) is 0.200. The number of carbonyl (C=O) groups is 1. The van der Waals surface area contributed by atoms with E-state index in [1.807, 2.05) is 6.07 Å². The number of benzene rings is 2. The van der Waals surface area contributed by atoms with Crippen molar-refractivity contribution in [2.75, 3.05) is 6.54 Å². The fraction of sp³-hybridized carbons (Fsp3) is 0.278. The van der Waals surface area contributed by atoms with Gasteiger partial charge in [0.25, 0.3) is 0 Å². The van der Waals surface area contributed by atoms with Crippen LogP contribution >= 0.6 is 0 Å². The Morgan fingerprint density at radius 2 is 2.00 bits per heavy atom. The maximum absolute atomic E-state index is 13.1. The van der Waals surface area contributed by atoms with Crippen LogP contribution in [0.4, 0.5) is 4.39 Å². The number of halogens is 1. The van der Waals surface area contributed by atoms with Crippen LogP contribution in [0.1, 0.15) is 33.9 Å². The van der Waals surface area contributed by atoms with Gasteiger partial charge in [0, 0.05) is 24.7 Å². The standard InChI is InChI=1S/C18H19FN2O2/c19-15-6-4-13(5-7-15)17-9-16(22)11-21(17)10-12-2-1-3-14(8-12)18(20)23/h1-8,16-17,22H,9-11H2,(H2,20,23)/t16-,17-/m0/s1. The lowest BCUT2D eigenvalue weighted by Crippen LogP contribution is -2.24. The number of nitrogens with zero attached hydrogens (tertiary/aromatic N) is 1. The third-order valence-corrected chi connectivity index (χ3v) is 4.23. The van der Waals surface area contributed by atoms with Crippen molar-refractivity contribution in [1.82, 2.24) is 4.90 Å². The second kappa shape index (κ2) is 6.48. The van der Waals surface area contributed by atoms with Gasteiger partial charge >= 0.3 is 0 Å². The van der Waals surface area contributed by atoms with Crippen LogP contribution in [0.25, 0.3) is 0 Å². The first-order chi connectivity index (χ1) is 11.0. The highest BCUT2D eigenvalue weighted by Crippen LogP contribution is 2.33. The van der Waals surface area contributed by atoms with Crippen molar-refractivity contribution in [3.8, 4) is 0 Å². The van der Waals surface area contributed by atoms with Crippen LogP contribution in [-0.2, 0) is 6.54 Å². The van der Waals surface area contributed by atoms with E-state index >= 15 is 0 Å². The molecule has 5 heteroatoms. The summed E-state index contributed by atoms with van der Waals surface area (Å²) in [5, 5.41) is 10.0. The molecule has 0 radical (unpaired) electrons. The van der Waals surface area contributed by atoms with Crippen LogP contribution in [-0.4, -0.2) is 28.6 Å². The minimum absolute atomic E-state index is 0.0304. The summed E-state index contributed by atoms with van der Waals surface area (Å²) in [5.74, 6) is -0.726. The maximum Gasteiger partial charge on any atom is 0.248 e. The predicted octanol–water partition coefficient (Wildman–Crippen LogP) is 2.23. The Bertz CT molecular complexity index is 702. The molecule has 1 saturated heterocycles. The molecular formula is C18H19FN2O2. The highest BCUT2D eigenvalue weighted by Gasteiger charge is 2.31. The van der Waals surface area contributed by atoms with Crippen molar-refractivity contribution >= 4 is 5.91 Å². The molecular weight excluding hydrogens is 295 g/mol. The first kappa shape index (κ1) is 15.6. The maximum atomic E-state index is 13.1. The van der Waals surface area contributed by atoms with E-state index < -0.39 is 12.0 Å². The van der Waals surface area contributed by atoms with Gasteiger partial charge in [0.2, 0.25) is 5.91 Å². The summed E-state index contributed by atoms with van der Waals surface area (Å²) in [6, 6.07) is 13.6. The van der Waals surface area contributed by atoms with Gasteiger partial charge < -0.3 is 10.8 Å². The minimum Gasteiger partial charge on any atom is -0.392 e. The van der Waals surface area contributed by atoms with Crippen LogP contribution in [0.2, 0.25) is 0 Å². The first-order valence-electron chi connectivity index (χ1n) is 7.59. The van der Waals surface area contributed by atoms with Crippen molar-refractivity contribution in [3.05, 3.63) is 71.0 Å². The Hall–Kier alpha value is -2.24. The summed E-state index contributed by atoms with van der Waals surface area (Å²) in [4.78, 5) is 13.4. The van der Waals surface area contributed by atoms with E-state index in [1.165, 1.54) is 12.1 Å². The molecule has 3 rings (SSSR count). The van der Waals surface area contributed by atoms with Crippen molar-refractivity contribution in [3.63, 3.8) is 0 Å². The van der Waals surface area contributed by atoms with Crippen LogP contribution in [0.3, 0.4) is 0 Å². The molecule has 2 atom stereocenters. The molecule has 0 aliphatic carbocycles. The molecule has 1 aliphatic rings. The minimum atomic E-state index is -0.455. The SMILES string of the molecule is NC(=O)c1cccc(CN2C[C@@H](O)C[C@H]2c2ccc(F)cc2)c1. The summed E-state index contributed by atoms with van der Waals surface area (Å²) < 4.78 is 13.1. The fourth-order valence-corrected chi connectivity index (χ4v) is 3.14. The summed E-state index contributed by atoms with van der Waals surface area (Å²) >= 11 is 0. The molecule has 120 valence electrons. The fourth-order valence-electron chi connectivity index (χ4n) is 3.14. The lowest BCUT2D eigenvalue weighted by molar-refractivity contribution is 0.1000. The van der Waals surface area contributed by atoms with Gasteiger partial charge in [-0.15, -0.1) is 0 Å². The zero-order chi connectivity index (χ0) is 16.4. The van der Waals surface area contributed by atoms with Gasteiger partial charge in [0.1, 0.15) is 5.82 Å². The highest BCUT2D eigenvalue weighted by atomic mass is 19.1. The predicted molar refractivity (Wildman–Crippen MR) is 85.1 cm³/mol. The molecule has 0 unspecified atom stereocenters. The number of nitrogens with two attached hydrogens (primary N) is 1. The lowest BCUT2D eigenvalue weighted by atomic mass is 10.0. The van der Waals surface area contributed by atoms with Crippen molar-refractivity contribution < 1.29 is 14.3 Å². The average molecular weight is 314 g/mol. The zero-order valence-corrected chi connectivity index (χ0v) is 12.7. The van der Waals surface area contributed by atoms with Gasteiger partial charge in [-0.2, -0.15) is 0 Å². The quantitative estimate of drug-likeness (QED) is 0.909. The Labute approximate surface area is 134 Å². The van der Waals surface area contributed by atoms with Crippen molar-refractivity contribution in [2.24, 2.45) is 5.73 Å². The average Bonchev–Trinajstić information content (AvgIpc) is 2.89. The third-order valence-electron chi connectivity index (χ3n) is 4.23. The summed E-state index contributed by atoms with van der Waals surface area (Å²) in [6.45, 7) is 1.14. The molecule has 0 saturated carbocycles. The van der Waals surface area contributed by atoms with Crippen LogP contribution < -0.4 is 5.73 Å². The topological polar surface area (TPSA) is 66.6 Å². The van der Waals surface area contributed by atoms with Gasteiger partial charge in [0.15, 0.2) is 0 Å². The Morgan fingerprint density at radius 3 is 2.70 bits per heavy atom. The summed E-state index contributed by atoms with van der Waals surface area (Å²) in [7, 11) is 0. The van der Waals surface area contributed by atoms with Gasteiger partial charge in [-0.25, -0.2) is 4.39 Å². The van der Waals surface area contributed by atoms with Gasteiger partial charge in [-0.1, -0.05) is 24.3 Å². The molecule has 1 amide bonds. The second-order valence-electron chi connectivity index (χ2n) is 5.95. The molecule has 0 spiro atoms. The molecule has 3 N–H and O–H groups in total.